The van der Waals surface area contributed by atoms with E-state index in [9.17, 15) is 0 Å². The quantitative estimate of drug-likeness (QED) is 0.620. The van der Waals surface area contributed by atoms with Crippen molar-refractivity contribution in [1.82, 2.24) is 0 Å². The van der Waals surface area contributed by atoms with E-state index in [1.54, 1.807) is 0 Å². The van der Waals surface area contributed by atoms with Crippen molar-refractivity contribution in [1.29, 1.82) is 0 Å². The van der Waals surface area contributed by atoms with E-state index < -0.39 is 0 Å². The number of rotatable bonds is 2. The second-order valence-electron chi connectivity index (χ2n) is 4.92. The molecule has 84 valence electrons. The van der Waals surface area contributed by atoms with Gasteiger partial charge in [-0.1, -0.05) is 26.0 Å². The Hall–Kier alpha value is -0.560. The molecular formula is C14H22O. The summed E-state index contributed by atoms with van der Waals surface area (Å²) in [4.78, 5) is 0. The van der Waals surface area contributed by atoms with E-state index in [2.05, 4.69) is 13.2 Å². The summed E-state index contributed by atoms with van der Waals surface area (Å²) in [7, 11) is 0. The Morgan fingerprint density at radius 2 is 1.27 bits per heavy atom. The molecule has 0 radical (unpaired) electrons. The summed E-state index contributed by atoms with van der Waals surface area (Å²) in [6.45, 7) is 8.26. The fraction of sp³-hybridized carbons (Fsp3) is 0.714. The molecule has 2 fully saturated rings. The minimum atomic E-state index is 0.318. The van der Waals surface area contributed by atoms with Crippen molar-refractivity contribution in [2.45, 2.75) is 63.6 Å². The van der Waals surface area contributed by atoms with Crippen LogP contribution in [-0.2, 0) is 4.74 Å². The Labute approximate surface area is 93.2 Å². The molecular weight excluding hydrogens is 184 g/mol. The molecule has 0 aromatic rings. The third-order valence-corrected chi connectivity index (χ3v) is 3.67. The van der Waals surface area contributed by atoms with Crippen LogP contribution in [0.2, 0.25) is 0 Å². The van der Waals surface area contributed by atoms with Crippen molar-refractivity contribution < 1.29 is 4.74 Å². The van der Waals surface area contributed by atoms with Crippen LogP contribution >= 0.6 is 0 Å². The van der Waals surface area contributed by atoms with E-state index in [1.165, 1.54) is 49.7 Å². The van der Waals surface area contributed by atoms with Crippen molar-refractivity contribution in [3.05, 3.63) is 24.3 Å². The van der Waals surface area contributed by atoms with Gasteiger partial charge in [0.1, 0.15) is 0 Å². The maximum absolute atomic E-state index is 6.16. The molecule has 0 aromatic heterocycles. The molecule has 0 saturated heterocycles. The highest BCUT2D eigenvalue weighted by molar-refractivity contribution is 5.10. The summed E-state index contributed by atoms with van der Waals surface area (Å²) >= 11 is 0. The third-order valence-electron chi connectivity index (χ3n) is 3.67. The predicted molar refractivity (Wildman–Crippen MR) is 63.9 cm³/mol. The summed E-state index contributed by atoms with van der Waals surface area (Å²) in [5.74, 6) is 0. The van der Waals surface area contributed by atoms with Crippen LogP contribution in [-0.4, -0.2) is 12.2 Å². The van der Waals surface area contributed by atoms with Crippen molar-refractivity contribution >= 4 is 0 Å². The smallest absolute Gasteiger partial charge is 0.0790 e. The average molecular weight is 206 g/mol. The molecule has 0 amide bonds. The van der Waals surface area contributed by atoms with Gasteiger partial charge in [0, 0.05) is 0 Å². The van der Waals surface area contributed by atoms with Gasteiger partial charge in [-0.2, -0.15) is 0 Å². The summed E-state index contributed by atoms with van der Waals surface area (Å²) in [6.07, 6.45) is 10.5. The predicted octanol–water partition coefficient (Wildman–Crippen LogP) is 4.00. The molecule has 2 aliphatic rings. The van der Waals surface area contributed by atoms with Crippen molar-refractivity contribution in [3.63, 3.8) is 0 Å². The van der Waals surface area contributed by atoms with E-state index in [0.29, 0.717) is 12.2 Å². The molecule has 2 unspecified atom stereocenters. The maximum Gasteiger partial charge on any atom is 0.0790 e. The molecule has 1 nitrogen and oxygen atoms in total. The lowest BCUT2D eigenvalue weighted by molar-refractivity contribution is 0.00369. The monoisotopic (exact) mass is 206 g/mol. The fourth-order valence-corrected chi connectivity index (χ4v) is 2.62. The van der Waals surface area contributed by atoms with Gasteiger partial charge in [-0.3, -0.25) is 0 Å². The topological polar surface area (TPSA) is 9.23 Å². The molecule has 0 spiro atoms. The van der Waals surface area contributed by atoms with E-state index in [0.717, 1.165) is 12.8 Å². The minimum Gasteiger partial charge on any atom is -0.366 e. The van der Waals surface area contributed by atoms with Gasteiger partial charge in [-0.15, -0.1) is 0 Å². The number of ether oxygens (including phenoxy) is 1. The lowest BCUT2D eigenvalue weighted by atomic mass is 9.90. The molecule has 0 bridgehead atoms. The first-order valence-electron chi connectivity index (χ1n) is 6.28. The summed E-state index contributed by atoms with van der Waals surface area (Å²) in [5, 5.41) is 0. The normalized spacial score (nSPS) is 33.1. The highest BCUT2D eigenvalue weighted by Gasteiger charge is 2.24. The zero-order valence-electron chi connectivity index (χ0n) is 9.63. The average Bonchev–Trinajstić information content (AvgIpc) is 2.24. The van der Waals surface area contributed by atoms with Crippen LogP contribution in [0.4, 0.5) is 0 Å². The molecule has 1 heteroatoms. The Bertz CT molecular complexity index is 228. The zero-order valence-corrected chi connectivity index (χ0v) is 9.63. The van der Waals surface area contributed by atoms with Gasteiger partial charge in [-0.25, -0.2) is 0 Å². The first-order chi connectivity index (χ1) is 7.27. The van der Waals surface area contributed by atoms with Gasteiger partial charge in [-0.05, 0) is 49.7 Å². The lowest BCUT2D eigenvalue weighted by Gasteiger charge is -2.32. The summed E-state index contributed by atoms with van der Waals surface area (Å²) in [6, 6.07) is 0. The van der Waals surface area contributed by atoms with Gasteiger partial charge < -0.3 is 4.74 Å². The molecule has 0 aliphatic heterocycles. The Balaban J connectivity index is 1.89. The molecule has 2 aliphatic carbocycles. The standard InChI is InChI=1S/C14H22O/c1-11-7-3-5-9-13(11)15-14-10-6-4-8-12(14)2/h13-14H,1-10H2. The number of hydrogen-bond donors (Lipinski definition) is 0. The second-order valence-corrected chi connectivity index (χ2v) is 4.92. The maximum atomic E-state index is 6.16. The van der Waals surface area contributed by atoms with Crippen LogP contribution in [0, 0.1) is 0 Å². The highest BCUT2D eigenvalue weighted by Crippen LogP contribution is 2.31. The van der Waals surface area contributed by atoms with Gasteiger partial charge in [0.05, 0.1) is 12.2 Å². The van der Waals surface area contributed by atoms with E-state index in [1.807, 2.05) is 0 Å². The van der Waals surface area contributed by atoms with Crippen LogP contribution in [0.3, 0.4) is 0 Å². The SMILES string of the molecule is C=C1CCCCC1OC1CCCCC1=C. The molecule has 0 N–H and O–H groups in total. The van der Waals surface area contributed by atoms with Gasteiger partial charge in [0.15, 0.2) is 0 Å². The van der Waals surface area contributed by atoms with Crippen LogP contribution < -0.4 is 0 Å². The van der Waals surface area contributed by atoms with Gasteiger partial charge in [0.25, 0.3) is 0 Å². The van der Waals surface area contributed by atoms with Gasteiger partial charge >= 0.3 is 0 Å². The Kier molecular flexibility index (Phi) is 3.63. The lowest BCUT2D eigenvalue weighted by Crippen LogP contribution is -2.28. The third kappa shape index (κ3) is 2.72. The Morgan fingerprint density at radius 3 is 1.67 bits per heavy atom. The van der Waals surface area contributed by atoms with Crippen LogP contribution in [0.1, 0.15) is 51.4 Å². The minimum absolute atomic E-state index is 0.318. The van der Waals surface area contributed by atoms with Crippen molar-refractivity contribution in [3.8, 4) is 0 Å². The van der Waals surface area contributed by atoms with Crippen LogP contribution in [0.5, 0.6) is 0 Å². The fourth-order valence-electron chi connectivity index (χ4n) is 2.62. The summed E-state index contributed by atoms with van der Waals surface area (Å²) in [5.41, 5.74) is 2.61. The first kappa shape index (κ1) is 10.9. The van der Waals surface area contributed by atoms with Crippen molar-refractivity contribution in [2.75, 3.05) is 0 Å². The molecule has 0 aromatic carbocycles. The van der Waals surface area contributed by atoms with Crippen LogP contribution in [0.15, 0.2) is 24.3 Å². The van der Waals surface area contributed by atoms with Crippen molar-refractivity contribution in [2.24, 2.45) is 0 Å². The molecule has 2 rings (SSSR count). The zero-order chi connectivity index (χ0) is 10.7. The number of hydrogen-bond acceptors (Lipinski definition) is 1. The van der Waals surface area contributed by atoms with Gasteiger partial charge in [0.2, 0.25) is 0 Å². The van der Waals surface area contributed by atoms with E-state index in [-0.39, 0.29) is 0 Å². The molecule has 2 atom stereocenters. The highest BCUT2D eigenvalue weighted by atomic mass is 16.5. The molecule has 2 saturated carbocycles. The molecule has 0 heterocycles. The first-order valence-corrected chi connectivity index (χ1v) is 6.28. The van der Waals surface area contributed by atoms with Crippen LogP contribution in [0.25, 0.3) is 0 Å². The second kappa shape index (κ2) is 4.98. The largest absolute Gasteiger partial charge is 0.366 e. The Morgan fingerprint density at radius 1 is 0.800 bits per heavy atom. The van der Waals surface area contributed by atoms with E-state index >= 15 is 0 Å². The van der Waals surface area contributed by atoms with E-state index in [4.69, 9.17) is 4.74 Å². The summed E-state index contributed by atoms with van der Waals surface area (Å²) < 4.78 is 6.16. The molecule has 15 heavy (non-hydrogen) atoms.